The zero-order valence-corrected chi connectivity index (χ0v) is 20.5. The van der Waals surface area contributed by atoms with E-state index in [1.54, 1.807) is 36.1 Å². The number of nitrogens with zero attached hydrogens (tertiary/aromatic N) is 3. The van der Waals surface area contributed by atoms with E-state index >= 15 is 0 Å². The van der Waals surface area contributed by atoms with Crippen LogP contribution >= 0.6 is 11.6 Å². The maximum absolute atomic E-state index is 13.6. The van der Waals surface area contributed by atoms with Crippen molar-refractivity contribution in [3.8, 4) is 6.07 Å². The predicted molar refractivity (Wildman–Crippen MR) is 127 cm³/mol. The molecule has 1 saturated heterocycles. The first kappa shape index (κ1) is 26.4. The zero-order chi connectivity index (χ0) is 25.6. The second-order valence-corrected chi connectivity index (χ2v) is 10.1. The summed E-state index contributed by atoms with van der Waals surface area (Å²) >= 11 is 5.81. The lowest BCUT2D eigenvalue weighted by Crippen LogP contribution is -2.43. The van der Waals surface area contributed by atoms with Gasteiger partial charge in [0.25, 0.3) is 0 Å². The molecule has 0 saturated carbocycles. The number of ether oxygens (including phenoxy) is 1. The van der Waals surface area contributed by atoms with Crippen molar-refractivity contribution in [3.05, 3.63) is 57.7 Å². The molecule has 9 nitrogen and oxygen atoms in total. The smallest absolute Gasteiger partial charge is 0.340 e. The molecule has 35 heavy (non-hydrogen) atoms. The van der Waals surface area contributed by atoms with E-state index in [0.717, 1.165) is 0 Å². The molecule has 12 heteroatoms. The molecule has 1 aromatic heterocycles. The van der Waals surface area contributed by atoms with E-state index in [2.05, 4.69) is 9.71 Å². The highest BCUT2D eigenvalue weighted by atomic mass is 35.5. The number of carbonyl (C=O) groups excluding carboxylic acids is 2. The second-order valence-electron chi connectivity index (χ2n) is 7.93. The number of sulfonamides is 1. The van der Waals surface area contributed by atoms with E-state index in [1.807, 2.05) is 6.07 Å². The Kier molecular flexibility index (Phi) is 8.64. The lowest BCUT2D eigenvalue weighted by atomic mass is 9.96. The molecule has 186 valence electrons. The van der Waals surface area contributed by atoms with Gasteiger partial charge in [0.05, 0.1) is 29.2 Å². The van der Waals surface area contributed by atoms with Crippen LogP contribution in [0.25, 0.3) is 0 Å². The average Bonchev–Trinajstić information content (AvgIpc) is 2.84. The Hall–Kier alpha value is -3.23. The summed E-state index contributed by atoms with van der Waals surface area (Å²) in [7, 11) is -3.90. The van der Waals surface area contributed by atoms with Gasteiger partial charge < -0.3 is 9.64 Å². The van der Waals surface area contributed by atoms with Gasteiger partial charge in [-0.3, -0.25) is 9.52 Å². The third kappa shape index (κ3) is 6.68. The number of carbonyl (C=O) groups is 2. The highest BCUT2D eigenvalue weighted by Crippen LogP contribution is 2.27. The molecule has 1 aromatic carbocycles. The third-order valence-electron chi connectivity index (χ3n) is 5.52. The standard InChI is InChI=1S/C23H24ClFN4O5S/c1-2-34-23(31)19-11-17(13-26)21(27-20(19)12-25)29-9-7-16(8-10-29)22(30)28-35(32,33)14-15-3-5-18(24)6-4-15/h3-6,11,16H,2,7-10,12,14H2,1H3,(H,28,30). The number of anilines is 1. The summed E-state index contributed by atoms with van der Waals surface area (Å²) in [5.74, 6) is -2.07. The summed E-state index contributed by atoms with van der Waals surface area (Å²) in [6, 6.07) is 9.52. The minimum atomic E-state index is -3.90. The first-order valence-electron chi connectivity index (χ1n) is 10.9. The number of amides is 1. The summed E-state index contributed by atoms with van der Waals surface area (Å²) in [5.41, 5.74) is 0.341. The number of hydrogen-bond acceptors (Lipinski definition) is 8. The van der Waals surface area contributed by atoms with Gasteiger partial charge in [-0.2, -0.15) is 5.26 Å². The maximum Gasteiger partial charge on any atom is 0.340 e. The lowest BCUT2D eigenvalue weighted by molar-refractivity contribution is -0.123. The first-order valence-corrected chi connectivity index (χ1v) is 12.9. The van der Waals surface area contributed by atoms with E-state index in [9.17, 15) is 27.7 Å². The number of benzene rings is 1. The van der Waals surface area contributed by atoms with E-state index < -0.39 is 34.5 Å². The fourth-order valence-corrected chi connectivity index (χ4v) is 5.08. The number of alkyl halides is 1. The summed E-state index contributed by atoms with van der Waals surface area (Å²) in [4.78, 5) is 30.6. The molecular weight excluding hydrogens is 499 g/mol. The summed E-state index contributed by atoms with van der Waals surface area (Å²) in [6.07, 6.45) is 0.610. The molecule has 1 aliphatic heterocycles. The molecule has 0 spiro atoms. The molecule has 0 radical (unpaired) electrons. The summed E-state index contributed by atoms with van der Waals surface area (Å²) in [6.45, 7) is 1.28. The first-order chi connectivity index (χ1) is 16.7. The molecule has 2 aromatic rings. The van der Waals surface area contributed by atoms with Crippen molar-refractivity contribution in [2.45, 2.75) is 32.2 Å². The van der Waals surface area contributed by atoms with Gasteiger partial charge in [-0.1, -0.05) is 23.7 Å². The Morgan fingerprint density at radius 2 is 1.94 bits per heavy atom. The molecule has 0 atom stereocenters. The molecule has 0 aliphatic carbocycles. The molecule has 2 heterocycles. The number of pyridine rings is 1. The monoisotopic (exact) mass is 522 g/mol. The molecule has 1 N–H and O–H groups in total. The van der Waals surface area contributed by atoms with Gasteiger partial charge in [-0.25, -0.2) is 22.6 Å². The van der Waals surface area contributed by atoms with Crippen molar-refractivity contribution in [3.63, 3.8) is 0 Å². The van der Waals surface area contributed by atoms with Crippen LogP contribution in [0.2, 0.25) is 5.02 Å². The summed E-state index contributed by atoms with van der Waals surface area (Å²) < 4.78 is 45.5. The largest absolute Gasteiger partial charge is 0.462 e. The van der Waals surface area contributed by atoms with Gasteiger partial charge in [0, 0.05) is 24.0 Å². The number of esters is 1. The quantitative estimate of drug-likeness (QED) is 0.523. The topological polar surface area (TPSA) is 129 Å². The van der Waals surface area contributed by atoms with Crippen LogP contribution in [-0.2, 0) is 32.0 Å². The van der Waals surface area contributed by atoms with Gasteiger partial charge in [0.2, 0.25) is 15.9 Å². The van der Waals surface area contributed by atoms with Crippen LogP contribution in [-0.4, -0.2) is 45.0 Å². The molecule has 1 fully saturated rings. The van der Waals surface area contributed by atoms with Gasteiger partial charge in [0.15, 0.2) is 0 Å². The molecular formula is C23H24ClFN4O5S. The van der Waals surface area contributed by atoms with Gasteiger partial charge in [-0.05, 0) is 43.5 Å². The van der Waals surface area contributed by atoms with Crippen LogP contribution in [0.3, 0.4) is 0 Å². The minimum Gasteiger partial charge on any atom is -0.462 e. The molecule has 0 unspecified atom stereocenters. The van der Waals surface area contributed by atoms with E-state index in [0.29, 0.717) is 36.5 Å². The molecule has 1 aliphatic rings. The van der Waals surface area contributed by atoms with Gasteiger partial charge in [0.1, 0.15) is 18.6 Å². The average molecular weight is 523 g/mol. The number of hydrogen-bond donors (Lipinski definition) is 1. The van der Waals surface area contributed by atoms with Crippen molar-refractivity contribution < 1.29 is 27.1 Å². The molecule has 0 bridgehead atoms. The second kappa shape index (κ2) is 11.5. The highest BCUT2D eigenvalue weighted by molar-refractivity contribution is 7.89. The SMILES string of the molecule is CCOC(=O)c1cc(C#N)c(N2CCC(C(=O)NS(=O)(=O)Cc3ccc(Cl)cc3)CC2)nc1CF. The Bertz CT molecular complexity index is 1240. The Morgan fingerprint density at radius 1 is 1.29 bits per heavy atom. The van der Waals surface area contributed by atoms with Crippen LogP contribution in [0.4, 0.5) is 10.2 Å². The Morgan fingerprint density at radius 3 is 2.51 bits per heavy atom. The molecule has 3 rings (SSSR count). The predicted octanol–water partition coefficient (Wildman–Crippen LogP) is 3.12. The van der Waals surface area contributed by atoms with Gasteiger partial charge >= 0.3 is 5.97 Å². The minimum absolute atomic E-state index is 0.0821. The fourth-order valence-electron chi connectivity index (χ4n) is 3.78. The number of nitrogens with one attached hydrogen (secondary N) is 1. The van der Waals surface area contributed by atoms with E-state index in [1.165, 1.54) is 6.07 Å². The van der Waals surface area contributed by atoms with Crippen LogP contribution in [0, 0.1) is 17.2 Å². The zero-order valence-electron chi connectivity index (χ0n) is 19.0. The van der Waals surface area contributed by atoms with Crippen LogP contribution in [0.1, 0.15) is 46.9 Å². The molecule has 1 amide bonds. The van der Waals surface area contributed by atoms with Crippen molar-refractivity contribution in [1.29, 1.82) is 5.26 Å². The number of nitriles is 1. The number of rotatable bonds is 8. The maximum atomic E-state index is 13.6. The fraction of sp³-hybridized carbons (Fsp3) is 0.391. The Balaban J connectivity index is 1.67. The van der Waals surface area contributed by atoms with E-state index in [-0.39, 0.29) is 35.0 Å². The van der Waals surface area contributed by atoms with Crippen molar-refractivity contribution in [2.24, 2.45) is 5.92 Å². The number of aromatic nitrogens is 1. The van der Waals surface area contributed by atoms with Gasteiger partial charge in [-0.15, -0.1) is 0 Å². The van der Waals surface area contributed by atoms with E-state index in [4.69, 9.17) is 16.3 Å². The van der Waals surface area contributed by atoms with Crippen molar-refractivity contribution in [2.75, 3.05) is 24.6 Å². The van der Waals surface area contributed by atoms with Crippen molar-refractivity contribution in [1.82, 2.24) is 9.71 Å². The lowest BCUT2D eigenvalue weighted by Gasteiger charge is -2.32. The highest BCUT2D eigenvalue weighted by Gasteiger charge is 2.30. The number of piperidine rings is 1. The van der Waals surface area contributed by atoms with Crippen LogP contribution < -0.4 is 9.62 Å². The van der Waals surface area contributed by atoms with Crippen molar-refractivity contribution >= 4 is 39.3 Å². The number of halogens is 2. The summed E-state index contributed by atoms with van der Waals surface area (Å²) in [5, 5.41) is 10.0. The van der Waals surface area contributed by atoms with Crippen LogP contribution in [0.5, 0.6) is 0 Å². The Labute approximate surface area is 207 Å². The van der Waals surface area contributed by atoms with Crippen LogP contribution in [0.15, 0.2) is 30.3 Å². The normalized spacial score (nSPS) is 14.3. The third-order valence-corrected chi connectivity index (χ3v) is 6.99.